The maximum absolute atomic E-state index is 12.6. The predicted octanol–water partition coefficient (Wildman–Crippen LogP) is 3.83. The molecule has 7 heteroatoms. The van der Waals surface area contributed by atoms with Crippen LogP contribution in [0.1, 0.15) is 51.1 Å². The standard InChI is InChI=1S/C22H30N4O3/c1-4-6-12-26(13-7-5-2)21-20(17(16-23)22(27)29-15-14-28-3)24-18-10-8-9-11-19(18)25-21/h8-11,17H,4-7,12-15H2,1-3H3/t17-/m1/s1. The molecule has 1 heterocycles. The van der Waals surface area contributed by atoms with Crippen LogP contribution in [0.5, 0.6) is 0 Å². The Bertz CT molecular complexity index is 826. The molecule has 1 aromatic carbocycles. The molecule has 0 saturated heterocycles. The van der Waals surface area contributed by atoms with Gasteiger partial charge >= 0.3 is 5.97 Å². The molecule has 0 aliphatic carbocycles. The monoisotopic (exact) mass is 398 g/mol. The number of carbonyl (C=O) groups is 1. The van der Waals surface area contributed by atoms with E-state index >= 15 is 0 Å². The maximum atomic E-state index is 12.6. The second-order valence-electron chi connectivity index (χ2n) is 6.84. The van der Waals surface area contributed by atoms with Crippen molar-refractivity contribution in [2.75, 3.05) is 38.3 Å². The average molecular weight is 399 g/mol. The molecule has 0 N–H and O–H groups in total. The number of rotatable bonds is 12. The second kappa shape index (κ2) is 12.0. The zero-order chi connectivity index (χ0) is 21.1. The third-order valence-corrected chi connectivity index (χ3v) is 4.61. The molecule has 1 aromatic heterocycles. The normalized spacial score (nSPS) is 11.8. The van der Waals surface area contributed by atoms with E-state index in [0.717, 1.165) is 44.3 Å². The molecule has 0 aliphatic rings. The van der Waals surface area contributed by atoms with Gasteiger partial charge in [-0.3, -0.25) is 4.79 Å². The van der Waals surface area contributed by atoms with Gasteiger partial charge < -0.3 is 14.4 Å². The van der Waals surface area contributed by atoms with Crippen molar-refractivity contribution in [1.29, 1.82) is 5.26 Å². The van der Waals surface area contributed by atoms with Crippen LogP contribution in [0.15, 0.2) is 24.3 Å². The van der Waals surface area contributed by atoms with E-state index in [0.29, 0.717) is 17.0 Å². The number of carbonyl (C=O) groups excluding carboxylic acids is 1. The summed E-state index contributed by atoms with van der Waals surface area (Å²) in [7, 11) is 1.53. The van der Waals surface area contributed by atoms with Crippen LogP contribution < -0.4 is 4.90 Å². The number of unbranched alkanes of at least 4 members (excludes halogenated alkanes) is 2. The average Bonchev–Trinajstić information content (AvgIpc) is 2.74. The summed E-state index contributed by atoms with van der Waals surface area (Å²) in [6, 6.07) is 9.58. The second-order valence-corrected chi connectivity index (χ2v) is 6.84. The van der Waals surface area contributed by atoms with E-state index in [-0.39, 0.29) is 13.2 Å². The summed E-state index contributed by atoms with van der Waals surface area (Å²) in [5.74, 6) is -1.16. The Morgan fingerprint density at radius 1 is 1.10 bits per heavy atom. The van der Waals surface area contributed by atoms with Gasteiger partial charge in [0.1, 0.15) is 12.3 Å². The van der Waals surface area contributed by atoms with Crippen molar-refractivity contribution >= 4 is 22.8 Å². The summed E-state index contributed by atoms with van der Waals surface area (Å²) >= 11 is 0. The molecule has 1 atom stereocenters. The van der Waals surface area contributed by atoms with E-state index in [1.54, 1.807) is 0 Å². The molecule has 0 unspecified atom stereocenters. The smallest absolute Gasteiger partial charge is 0.329 e. The first-order valence-electron chi connectivity index (χ1n) is 10.2. The predicted molar refractivity (Wildman–Crippen MR) is 113 cm³/mol. The van der Waals surface area contributed by atoms with Crippen LogP contribution in [0.3, 0.4) is 0 Å². The van der Waals surface area contributed by atoms with E-state index in [4.69, 9.17) is 14.5 Å². The lowest BCUT2D eigenvalue weighted by Crippen LogP contribution is -2.30. The van der Waals surface area contributed by atoms with Crippen LogP contribution in [-0.4, -0.2) is 49.4 Å². The maximum Gasteiger partial charge on any atom is 0.329 e. The molecule has 2 aromatic rings. The molecule has 0 fully saturated rings. The van der Waals surface area contributed by atoms with Crippen LogP contribution in [0, 0.1) is 11.3 Å². The molecule has 0 amide bonds. The van der Waals surface area contributed by atoms with Crippen molar-refractivity contribution < 1.29 is 14.3 Å². The van der Waals surface area contributed by atoms with Gasteiger partial charge in [-0.05, 0) is 25.0 Å². The van der Waals surface area contributed by atoms with Crippen molar-refractivity contribution in [3.05, 3.63) is 30.0 Å². The SMILES string of the molecule is CCCCN(CCCC)c1nc2ccccc2nc1[C@@H](C#N)C(=O)OCCOC. The Kier molecular flexibility index (Phi) is 9.32. The van der Waals surface area contributed by atoms with Crippen LogP contribution in [0.25, 0.3) is 11.0 Å². The number of nitrogens with zero attached hydrogens (tertiary/aromatic N) is 4. The molecule has 29 heavy (non-hydrogen) atoms. The molecule has 2 rings (SSSR count). The molecule has 0 bridgehead atoms. The first-order valence-corrected chi connectivity index (χ1v) is 10.2. The molecule has 156 valence electrons. The van der Waals surface area contributed by atoms with Gasteiger partial charge in [-0.1, -0.05) is 38.8 Å². The zero-order valence-corrected chi connectivity index (χ0v) is 17.6. The van der Waals surface area contributed by atoms with Gasteiger partial charge in [0.2, 0.25) is 0 Å². The Hall–Kier alpha value is -2.72. The number of methoxy groups -OCH3 is 1. The third-order valence-electron chi connectivity index (χ3n) is 4.61. The lowest BCUT2D eigenvalue weighted by Gasteiger charge is -2.26. The third kappa shape index (κ3) is 6.13. The van der Waals surface area contributed by atoms with Gasteiger partial charge in [-0.25, -0.2) is 9.97 Å². The largest absolute Gasteiger partial charge is 0.462 e. The number of hydrogen-bond acceptors (Lipinski definition) is 7. The molecule has 0 aliphatic heterocycles. The first kappa shape index (κ1) is 22.6. The van der Waals surface area contributed by atoms with E-state index in [9.17, 15) is 10.1 Å². The fourth-order valence-corrected chi connectivity index (χ4v) is 2.99. The van der Waals surface area contributed by atoms with Crippen molar-refractivity contribution in [3.8, 4) is 6.07 Å². The Morgan fingerprint density at radius 3 is 2.28 bits per heavy atom. The summed E-state index contributed by atoms with van der Waals surface area (Å²) in [6.45, 7) is 6.24. The minimum atomic E-state index is -1.13. The van der Waals surface area contributed by atoms with E-state index in [1.807, 2.05) is 24.3 Å². The van der Waals surface area contributed by atoms with Gasteiger partial charge in [-0.2, -0.15) is 5.26 Å². The fourth-order valence-electron chi connectivity index (χ4n) is 2.99. The highest BCUT2D eigenvalue weighted by Gasteiger charge is 2.30. The number of hydrogen-bond donors (Lipinski definition) is 0. The van der Waals surface area contributed by atoms with Crippen molar-refractivity contribution in [2.24, 2.45) is 0 Å². The quantitative estimate of drug-likeness (QED) is 0.396. The van der Waals surface area contributed by atoms with Gasteiger partial charge in [0.05, 0.1) is 23.7 Å². The molecule has 0 saturated carbocycles. The van der Waals surface area contributed by atoms with E-state index < -0.39 is 11.9 Å². The molecule has 7 nitrogen and oxygen atoms in total. The summed E-state index contributed by atoms with van der Waals surface area (Å²) in [5, 5.41) is 9.77. The van der Waals surface area contributed by atoms with Gasteiger partial charge in [0.25, 0.3) is 0 Å². The number of nitriles is 1. The van der Waals surface area contributed by atoms with Crippen molar-refractivity contribution in [2.45, 2.75) is 45.4 Å². The van der Waals surface area contributed by atoms with Gasteiger partial charge in [0, 0.05) is 20.2 Å². The first-order chi connectivity index (χ1) is 14.2. The summed E-state index contributed by atoms with van der Waals surface area (Å²) in [4.78, 5) is 24.2. The summed E-state index contributed by atoms with van der Waals surface area (Å²) in [6.07, 6.45) is 4.07. The van der Waals surface area contributed by atoms with Gasteiger partial charge in [-0.15, -0.1) is 0 Å². The van der Waals surface area contributed by atoms with Crippen LogP contribution in [0.4, 0.5) is 5.82 Å². The zero-order valence-electron chi connectivity index (χ0n) is 17.6. The Morgan fingerprint density at radius 2 is 1.72 bits per heavy atom. The molecular formula is C22H30N4O3. The number of esters is 1. The number of para-hydroxylation sites is 2. The molecule has 0 radical (unpaired) electrons. The Balaban J connectivity index is 2.50. The van der Waals surface area contributed by atoms with Crippen molar-refractivity contribution in [1.82, 2.24) is 9.97 Å². The lowest BCUT2D eigenvalue weighted by atomic mass is 10.1. The van der Waals surface area contributed by atoms with Crippen LogP contribution in [-0.2, 0) is 14.3 Å². The fraction of sp³-hybridized carbons (Fsp3) is 0.545. The lowest BCUT2D eigenvalue weighted by molar-refractivity contribution is -0.145. The topological polar surface area (TPSA) is 88.3 Å². The highest BCUT2D eigenvalue weighted by molar-refractivity contribution is 5.85. The van der Waals surface area contributed by atoms with Crippen molar-refractivity contribution in [3.63, 3.8) is 0 Å². The van der Waals surface area contributed by atoms with Crippen LogP contribution >= 0.6 is 0 Å². The minimum absolute atomic E-state index is 0.0965. The molecule has 0 spiro atoms. The number of aromatic nitrogens is 2. The van der Waals surface area contributed by atoms with Gasteiger partial charge in [0.15, 0.2) is 11.7 Å². The highest BCUT2D eigenvalue weighted by atomic mass is 16.6. The number of fused-ring (bicyclic) bond motifs is 1. The number of benzene rings is 1. The molecular weight excluding hydrogens is 368 g/mol. The van der Waals surface area contributed by atoms with E-state index in [2.05, 4.69) is 29.8 Å². The number of anilines is 1. The number of ether oxygens (including phenoxy) is 2. The Labute approximate surface area is 172 Å². The minimum Gasteiger partial charge on any atom is -0.462 e. The highest BCUT2D eigenvalue weighted by Crippen LogP contribution is 2.28. The van der Waals surface area contributed by atoms with E-state index in [1.165, 1.54) is 7.11 Å². The summed E-state index contributed by atoms with van der Waals surface area (Å²) < 4.78 is 10.1. The van der Waals surface area contributed by atoms with Crippen LogP contribution in [0.2, 0.25) is 0 Å². The summed E-state index contributed by atoms with van der Waals surface area (Å²) in [5.41, 5.74) is 1.76.